The molecule has 1 heterocycles. The van der Waals surface area contributed by atoms with Gasteiger partial charge in [-0.25, -0.2) is 4.79 Å². The first-order chi connectivity index (χ1) is 10.0. The highest BCUT2D eigenvalue weighted by atomic mass is 16.5. The third-order valence-electron chi connectivity index (χ3n) is 4.56. The molecule has 1 N–H and O–H groups in total. The molecule has 0 aromatic heterocycles. The van der Waals surface area contributed by atoms with Crippen molar-refractivity contribution in [2.24, 2.45) is 5.92 Å². The lowest BCUT2D eigenvalue weighted by atomic mass is 9.94. The molecule has 21 heavy (non-hydrogen) atoms. The minimum atomic E-state index is -0.680. The Labute approximate surface area is 127 Å². The highest BCUT2D eigenvalue weighted by Crippen LogP contribution is 2.41. The zero-order chi connectivity index (χ0) is 15.5. The normalized spacial score (nSPS) is 32.5. The lowest BCUT2D eigenvalue weighted by Gasteiger charge is -2.36. The largest absolute Gasteiger partial charge is 0.465 e. The summed E-state index contributed by atoms with van der Waals surface area (Å²) in [6, 6.07) is 0. The van der Waals surface area contributed by atoms with E-state index < -0.39 is 5.54 Å². The molecule has 0 aromatic carbocycles. The van der Waals surface area contributed by atoms with Crippen molar-refractivity contribution >= 4 is 5.97 Å². The number of carbonyl (C=O) groups excluding carboxylic acids is 1. The van der Waals surface area contributed by atoms with E-state index in [2.05, 4.69) is 19.2 Å². The predicted octanol–water partition coefficient (Wildman–Crippen LogP) is 1.89. The van der Waals surface area contributed by atoms with Gasteiger partial charge in [0, 0.05) is 0 Å². The monoisotopic (exact) mass is 299 g/mol. The third-order valence-corrected chi connectivity index (χ3v) is 4.56. The molecule has 5 heteroatoms. The van der Waals surface area contributed by atoms with Gasteiger partial charge in [-0.15, -0.1) is 0 Å². The van der Waals surface area contributed by atoms with Crippen LogP contribution in [0.5, 0.6) is 0 Å². The van der Waals surface area contributed by atoms with Crippen molar-refractivity contribution in [3.8, 4) is 0 Å². The van der Waals surface area contributed by atoms with Gasteiger partial charge in [0.05, 0.1) is 31.5 Å². The first-order valence-electron chi connectivity index (χ1n) is 8.15. The molecule has 5 nitrogen and oxygen atoms in total. The summed E-state index contributed by atoms with van der Waals surface area (Å²) in [5.41, 5.74) is -0.680. The van der Waals surface area contributed by atoms with Gasteiger partial charge >= 0.3 is 5.97 Å². The van der Waals surface area contributed by atoms with E-state index in [-0.39, 0.29) is 24.3 Å². The second-order valence-electron chi connectivity index (χ2n) is 6.38. The maximum Gasteiger partial charge on any atom is 0.329 e. The van der Waals surface area contributed by atoms with Crippen molar-refractivity contribution in [2.45, 2.75) is 70.3 Å². The molecule has 1 aliphatic carbocycles. The predicted molar refractivity (Wildman–Crippen MR) is 80.1 cm³/mol. The van der Waals surface area contributed by atoms with Crippen molar-refractivity contribution in [2.75, 3.05) is 20.3 Å². The Morgan fingerprint density at radius 1 is 1.29 bits per heavy atom. The van der Waals surface area contributed by atoms with E-state index >= 15 is 0 Å². The zero-order valence-electron chi connectivity index (χ0n) is 13.7. The molecule has 2 aliphatic rings. The van der Waals surface area contributed by atoms with Crippen LogP contribution < -0.4 is 5.32 Å². The van der Waals surface area contributed by atoms with Crippen LogP contribution in [-0.2, 0) is 19.0 Å². The van der Waals surface area contributed by atoms with Crippen LogP contribution in [0.15, 0.2) is 0 Å². The number of hydrogen-bond donors (Lipinski definition) is 1. The minimum Gasteiger partial charge on any atom is -0.465 e. The number of carbonyl (C=O) groups is 1. The number of esters is 1. The van der Waals surface area contributed by atoms with Gasteiger partial charge in [0.25, 0.3) is 0 Å². The average molecular weight is 299 g/mol. The minimum absolute atomic E-state index is 0.157. The summed E-state index contributed by atoms with van der Waals surface area (Å²) in [5, 5.41) is 3.19. The molecule has 1 saturated heterocycles. The number of hydrogen-bond acceptors (Lipinski definition) is 5. The smallest absolute Gasteiger partial charge is 0.329 e. The fourth-order valence-corrected chi connectivity index (χ4v) is 3.29. The van der Waals surface area contributed by atoms with Crippen LogP contribution in [0.25, 0.3) is 0 Å². The number of likely N-dealkylation sites (N-methyl/N-ethyl adjacent to an activating group) is 1. The Morgan fingerprint density at radius 2 is 1.90 bits per heavy atom. The van der Waals surface area contributed by atoms with Crippen molar-refractivity contribution < 1.29 is 19.0 Å². The summed E-state index contributed by atoms with van der Waals surface area (Å²) in [5.74, 6) is 0.152. The summed E-state index contributed by atoms with van der Waals surface area (Å²) >= 11 is 0. The fraction of sp³-hybridized carbons (Fsp3) is 0.938. The molecule has 2 fully saturated rings. The van der Waals surface area contributed by atoms with E-state index in [1.165, 1.54) is 0 Å². The summed E-state index contributed by atoms with van der Waals surface area (Å²) in [7, 11) is 1.83. The first-order valence-corrected chi connectivity index (χ1v) is 8.15. The molecule has 0 amide bonds. The zero-order valence-corrected chi connectivity index (χ0v) is 13.7. The third kappa shape index (κ3) is 3.96. The van der Waals surface area contributed by atoms with Gasteiger partial charge in [-0.2, -0.15) is 0 Å². The molecule has 0 bridgehead atoms. The Balaban J connectivity index is 1.97. The molecule has 0 spiro atoms. The van der Waals surface area contributed by atoms with E-state index in [1.807, 2.05) is 14.0 Å². The highest BCUT2D eigenvalue weighted by Gasteiger charge is 2.52. The molecule has 3 atom stereocenters. The number of nitrogens with one attached hydrogen (secondary N) is 1. The van der Waals surface area contributed by atoms with Gasteiger partial charge in [-0.1, -0.05) is 0 Å². The maximum absolute atomic E-state index is 12.4. The van der Waals surface area contributed by atoms with Crippen molar-refractivity contribution in [3.05, 3.63) is 0 Å². The van der Waals surface area contributed by atoms with Gasteiger partial charge in [-0.05, 0) is 59.4 Å². The second kappa shape index (κ2) is 7.07. The van der Waals surface area contributed by atoms with Crippen LogP contribution in [0.2, 0.25) is 0 Å². The standard InChI is InChI=1S/C16H29NO4/c1-5-19-15(18)16(17-4,13-6-7-13)10-20-14-8-11(2)21-12(3)9-14/h11-14,17H,5-10H2,1-4H3. The number of ether oxygens (including phenoxy) is 3. The van der Waals surface area contributed by atoms with E-state index in [1.54, 1.807) is 0 Å². The molecule has 0 aromatic rings. The Bertz CT molecular complexity index is 348. The van der Waals surface area contributed by atoms with Crippen molar-refractivity contribution in [1.29, 1.82) is 0 Å². The fourth-order valence-electron chi connectivity index (χ4n) is 3.29. The van der Waals surface area contributed by atoms with Crippen LogP contribution in [0, 0.1) is 5.92 Å². The molecule has 122 valence electrons. The lowest BCUT2D eigenvalue weighted by Crippen LogP contribution is -2.57. The summed E-state index contributed by atoms with van der Waals surface area (Å²) in [6.07, 6.45) is 4.48. The van der Waals surface area contributed by atoms with E-state index in [0.717, 1.165) is 25.7 Å². The van der Waals surface area contributed by atoms with Gasteiger partial charge in [0.2, 0.25) is 0 Å². The molecule has 3 unspecified atom stereocenters. The van der Waals surface area contributed by atoms with Crippen LogP contribution in [0.1, 0.15) is 46.5 Å². The number of rotatable bonds is 7. The summed E-state index contributed by atoms with van der Waals surface area (Å²) in [6.45, 7) is 6.78. The van der Waals surface area contributed by atoms with Crippen LogP contribution in [0.3, 0.4) is 0 Å². The maximum atomic E-state index is 12.4. The Kier molecular flexibility index (Phi) is 5.63. The van der Waals surface area contributed by atoms with E-state index in [9.17, 15) is 4.79 Å². The van der Waals surface area contributed by atoms with Crippen molar-refractivity contribution in [1.82, 2.24) is 5.32 Å². The Morgan fingerprint density at radius 3 is 2.38 bits per heavy atom. The van der Waals surface area contributed by atoms with Gasteiger partial charge < -0.3 is 19.5 Å². The summed E-state index contributed by atoms with van der Waals surface area (Å²) in [4.78, 5) is 12.4. The van der Waals surface area contributed by atoms with Gasteiger partial charge in [-0.3, -0.25) is 0 Å². The SMILES string of the molecule is CCOC(=O)C(COC1CC(C)OC(C)C1)(NC)C1CC1. The van der Waals surface area contributed by atoms with E-state index in [4.69, 9.17) is 14.2 Å². The molecule has 2 rings (SSSR count). The molecule has 1 saturated carbocycles. The van der Waals surface area contributed by atoms with Crippen molar-refractivity contribution in [3.63, 3.8) is 0 Å². The second-order valence-corrected chi connectivity index (χ2v) is 6.38. The average Bonchev–Trinajstić information content (AvgIpc) is 3.24. The van der Waals surface area contributed by atoms with Gasteiger partial charge in [0.1, 0.15) is 5.54 Å². The highest BCUT2D eigenvalue weighted by molar-refractivity contribution is 5.82. The summed E-state index contributed by atoms with van der Waals surface area (Å²) < 4.78 is 17.1. The van der Waals surface area contributed by atoms with Crippen LogP contribution in [0.4, 0.5) is 0 Å². The topological polar surface area (TPSA) is 56.8 Å². The van der Waals surface area contributed by atoms with Gasteiger partial charge in [0.15, 0.2) is 0 Å². The molecule has 1 aliphatic heterocycles. The lowest BCUT2D eigenvalue weighted by molar-refractivity contribution is -0.159. The molecular weight excluding hydrogens is 270 g/mol. The van der Waals surface area contributed by atoms with Crippen LogP contribution in [-0.4, -0.2) is 50.1 Å². The Hall–Kier alpha value is -0.650. The van der Waals surface area contributed by atoms with E-state index in [0.29, 0.717) is 19.1 Å². The quantitative estimate of drug-likeness (QED) is 0.728. The molecule has 0 radical (unpaired) electrons. The van der Waals surface area contributed by atoms with Crippen LogP contribution >= 0.6 is 0 Å². The first kappa shape index (κ1) is 16.7. The molecular formula is C16H29NO4.